The van der Waals surface area contributed by atoms with Crippen molar-refractivity contribution in [3.05, 3.63) is 24.3 Å². The fraction of sp³-hybridized carbons (Fsp3) is 0.921. The molecule has 0 aliphatic carbocycles. The molecule has 1 amide bonds. The predicted octanol–water partition coefficient (Wildman–Crippen LogP) is 24.5. The van der Waals surface area contributed by atoms with E-state index >= 15 is 0 Å². The monoisotopic (exact) mass is 1150 g/mol. The molecule has 6 heteroatoms. The summed E-state index contributed by atoms with van der Waals surface area (Å²) in [5, 5.41) is 23.3. The molecule has 0 aliphatic rings. The SMILES string of the molecule is CCCCCCCCCCCCCCCCCC(=O)OCCCCCCCCCCCCCCC/C=C\C/C=C\CCCCCCCCCCCCCCCCCCCC(=O)NC(CO)C(O)CCCCCCCCCCCCCCC. The van der Waals surface area contributed by atoms with Crippen LogP contribution < -0.4 is 5.32 Å². The van der Waals surface area contributed by atoms with E-state index in [2.05, 4.69) is 43.5 Å². The molecule has 0 heterocycles. The summed E-state index contributed by atoms with van der Waals surface area (Å²) in [6.45, 7) is 4.99. The van der Waals surface area contributed by atoms with E-state index < -0.39 is 12.1 Å². The van der Waals surface area contributed by atoms with Gasteiger partial charge >= 0.3 is 5.97 Å². The van der Waals surface area contributed by atoms with Crippen LogP contribution in [0, 0.1) is 0 Å². The van der Waals surface area contributed by atoms with E-state index in [4.69, 9.17) is 4.74 Å². The number of unbranched alkanes of at least 4 members (excludes halogenated alkanes) is 56. The first kappa shape index (κ1) is 80.3. The smallest absolute Gasteiger partial charge is 0.305 e. The molecule has 0 aromatic carbocycles. The maximum Gasteiger partial charge on any atom is 0.305 e. The van der Waals surface area contributed by atoms with Crippen LogP contribution >= 0.6 is 0 Å². The number of aliphatic hydroxyl groups excluding tert-OH is 2. The van der Waals surface area contributed by atoms with Gasteiger partial charge in [0.2, 0.25) is 5.91 Å². The lowest BCUT2D eigenvalue weighted by Gasteiger charge is -2.22. The van der Waals surface area contributed by atoms with Crippen molar-refractivity contribution in [2.45, 2.75) is 437 Å². The Morgan fingerprint density at radius 1 is 0.341 bits per heavy atom. The zero-order valence-corrected chi connectivity index (χ0v) is 55.8. The van der Waals surface area contributed by atoms with Gasteiger partial charge in [0, 0.05) is 12.8 Å². The molecule has 486 valence electrons. The Morgan fingerprint density at radius 2 is 0.610 bits per heavy atom. The van der Waals surface area contributed by atoms with E-state index in [1.807, 2.05) is 0 Å². The molecule has 0 bridgehead atoms. The Labute approximate surface area is 513 Å². The Hall–Kier alpha value is -1.66. The highest BCUT2D eigenvalue weighted by atomic mass is 16.5. The molecule has 0 aliphatic heterocycles. The van der Waals surface area contributed by atoms with Crippen LogP contribution in [-0.2, 0) is 14.3 Å². The number of hydrogen-bond donors (Lipinski definition) is 3. The van der Waals surface area contributed by atoms with Gasteiger partial charge in [-0.15, -0.1) is 0 Å². The highest BCUT2D eigenvalue weighted by molar-refractivity contribution is 5.76. The molecular weight excluding hydrogens is 1010 g/mol. The average molecular weight is 1160 g/mol. The second-order valence-electron chi connectivity index (χ2n) is 26.0. The summed E-state index contributed by atoms with van der Waals surface area (Å²) in [6, 6.07) is -0.538. The molecule has 2 unspecified atom stereocenters. The molecule has 6 nitrogen and oxygen atoms in total. The Balaban J connectivity index is 3.34. The van der Waals surface area contributed by atoms with E-state index in [0.717, 1.165) is 44.9 Å². The molecule has 82 heavy (non-hydrogen) atoms. The Bertz CT molecular complexity index is 1280. The van der Waals surface area contributed by atoms with Gasteiger partial charge in [-0.25, -0.2) is 0 Å². The zero-order chi connectivity index (χ0) is 59.2. The quantitative estimate of drug-likeness (QED) is 0.0320. The van der Waals surface area contributed by atoms with Crippen LogP contribution in [0.5, 0.6) is 0 Å². The third-order valence-corrected chi connectivity index (χ3v) is 17.8. The van der Waals surface area contributed by atoms with Gasteiger partial charge in [-0.3, -0.25) is 9.59 Å². The maximum absolute atomic E-state index is 12.5. The molecule has 0 saturated heterocycles. The van der Waals surface area contributed by atoms with Crippen molar-refractivity contribution in [1.29, 1.82) is 0 Å². The number of ether oxygens (including phenoxy) is 1. The number of hydrogen-bond acceptors (Lipinski definition) is 5. The molecule has 0 saturated carbocycles. The largest absolute Gasteiger partial charge is 0.466 e. The lowest BCUT2D eigenvalue weighted by atomic mass is 10.0. The molecule has 0 fully saturated rings. The van der Waals surface area contributed by atoms with E-state index in [-0.39, 0.29) is 18.5 Å². The fourth-order valence-corrected chi connectivity index (χ4v) is 12.0. The number of esters is 1. The first-order valence-electron chi connectivity index (χ1n) is 37.6. The van der Waals surface area contributed by atoms with Crippen molar-refractivity contribution in [3.63, 3.8) is 0 Å². The highest BCUT2D eigenvalue weighted by Gasteiger charge is 2.20. The van der Waals surface area contributed by atoms with Crippen LogP contribution in [0.25, 0.3) is 0 Å². The van der Waals surface area contributed by atoms with Gasteiger partial charge in [-0.05, 0) is 57.8 Å². The third kappa shape index (κ3) is 67.5. The van der Waals surface area contributed by atoms with Crippen molar-refractivity contribution >= 4 is 11.9 Å². The second-order valence-corrected chi connectivity index (χ2v) is 26.0. The van der Waals surface area contributed by atoms with E-state index in [1.54, 1.807) is 0 Å². The number of carbonyl (C=O) groups excluding carboxylic acids is 2. The number of amides is 1. The van der Waals surface area contributed by atoms with Crippen molar-refractivity contribution in [3.8, 4) is 0 Å². The Kier molecular flexibility index (Phi) is 70.4. The van der Waals surface area contributed by atoms with Crippen LogP contribution in [0.1, 0.15) is 425 Å². The number of rotatable bonds is 71. The van der Waals surface area contributed by atoms with Crippen molar-refractivity contribution in [2.75, 3.05) is 13.2 Å². The summed E-state index contributed by atoms with van der Waals surface area (Å²) in [6.07, 6.45) is 91.2. The first-order valence-corrected chi connectivity index (χ1v) is 37.6. The van der Waals surface area contributed by atoms with Crippen molar-refractivity contribution < 1.29 is 24.5 Å². The fourth-order valence-electron chi connectivity index (χ4n) is 12.0. The van der Waals surface area contributed by atoms with Crippen LogP contribution in [0.2, 0.25) is 0 Å². The molecule has 0 aromatic heterocycles. The minimum atomic E-state index is -0.661. The van der Waals surface area contributed by atoms with Crippen LogP contribution in [-0.4, -0.2) is 47.4 Å². The summed E-state index contributed by atoms with van der Waals surface area (Å²) < 4.78 is 5.50. The number of nitrogens with one attached hydrogen (secondary N) is 1. The summed E-state index contributed by atoms with van der Waals surface area (Å²) in [5.74, 6) is -0.00747. The summed E-state index contributed by atoms with van der Waals surface area (Å²) >= 11 is 0. The lowest BCUT2D eigenvalue weighted by Crippen LogP contribution is -2.45. The van der Waals surface area contributed by atoms with Crippen LogP contribution in [0.3, 0.4) is 0 Å². The van der Waals surface area contributed by atoms with Gasteiger partial charge in [-0.2, -0.15) is 0 Å². The van der Waals surface area contributed by atoms with E-state index in [9.17, 15) is 19.8 Å². The van der Waals surface area contributed by atoms with Crippen LogP contribution in [0.4, 0.5) is 0 Å². The normalized spacial score (nSPS) is 12.6. The minimum Gasteiger partial charge on any atom is -0.466 e. The van der Waals surface area contributed by atoms with Crippen molar-refractivity contribution in [1.82, 2.24) is 5.32 Å². The second kappa shape index (κ2) is 71.8. The number of carbonyl (C=O) groups is 2. The first-order chi connectivity index (χ1) is 40.5. The topological polar surface area (TPSA) is 95.9 Å². The van der Waals surface area contributed by atoms with E-state index in [0.29, 0.717) is 25.9 Å². The minimum absolute atomic E-state index is 0.0224. The lowest BCUT2D eigenvalue weighted by molar-refractivity contribution is -0.143. The average Bonchev–Trinajstić information content (AvgIpc) is 3.48. The van der Waals surface area contributed by atoms with Crippen molar-refractivity contribution in [2.24, 2.45) is 0 Å². The Morgan fingerprint density at radius 3 is 0.927 bits per heavy atom. The van der Waals surface area contributed by atoms with Gasteiger partial charge < -0.3 is 20.3 Å². The molecule has 2 atom stereocenters. The van der Waals surface area contributed by atoms with Gasteiger partial charge in [0.25, 0.3) is 0 Å². The summed E-state index contributed by atoms with van der Waals surface area (Å²) in [4.78, 5) is 24.6. The third-order valence-electron chi connectivity index (χ3n) is 17.8. The molecule has 0 rings (SSSR count). The molecule has 3 N–H and O–H groups in total. The molecular formula is C76H147NO5. The van der Waals surface area contributed by atoms with Gasteiger partial charge in [0.05, 0.1) is 25.4 Å². The highest BCUT2D eigenvalue weighted by Crippen LogP contribution is 2.19. The predicted molar refractivity (Wildman–Crippen MR) is 361 cm³/mol. The standard InChI is InChI=1S/C76H147NO5/c1-3-5-7-9-11-13-15-17-41-46-50-54-58-62-66-70-76(81)82-71-67-63-59-55-51-47-43-40-38-36-34-32-30-28-26-24-22-20-18-19-21-23-25-27-29-31-33-35-37-39-42-45-49-53-57-61-65-69-75(80)77-73(72-78)74(79)68-64-60-56-52-48-44-16-14-12-10-8-6-4-2/h18,20,24,26,73-74,78-79H,3-17,19,21-23,25,27-72H2,1-2H3,(H,77,80)/b20-18-,26-24-. The molecule has 0 spiro atoms. The van der Waals surface area contributed by atoms with Crippen LogP contribution in [0.15, 0.2) is 24.3 Å². The summed E-state index contributed by atoms with van der Waals surface area (Å²) in [7, 11) is 0. The maximum atomic E-state index is 12.5. The molecule has 0 radical (unpaired) electrons. The van der Waals surface area contributed by atoms with Gasteiger partial charge in [0.1, 0.15) is 0 Å². The molecule has 0 aromatic rings. The van der Waals surface area contributed by atoms with Gasteiger partial charge in [0.15, 0.2) is 0 Å². The van der Waals surface area contributed by atoms with E-state index in [1.165, 1.54) is 347 Å². The zero-order valence-electron chi connectivity index (χ0n) is 55.8. The number of aliphatic hydroxyl groups is 2. The number of allylic oxidation sites excluding steroid dienone is 4. The summed E-state index contributed by atoms with van der Waals surface area (Å²) in [5.41, 5.74) is 0. The van der Waals surface area contributed by atoms with Gasteiger partial charge in [-0.1, -0.05) is 378 Å².